The Morgan fingerprint density at radius 2 is 1.52 bits per heavy atom. The second-order valence-electron chi connectivity index (χ2n) is 7.54. The van der Waals surface area contributed by atoms with E-state index in [1.54, 1.807) is 34.1 Å². The van der Waals surface area contributed by atoms with Crippen molar-refractivity contribution in [3.8, 4) is 0 Å². The number of nitrogens with one attached hydrogen (secondary N) is 2. The van der Waals surface area contributed by atoms with Gasteiger partial charge in [-0.2, -0.15) is 0 Å². The normalized spacial score (nSPS) is 13.8. The molecule has 2 N–H and O–H groups in total. The van der Waals surface area contributed by atoms with E-state index in [9.17, 15) is 18.8 Å². The van der Waals surface area contributed by atoms with Gasteiger partial charge in [0.15, 0.2) is 0 Å². The minimum absolute atomic E-state index is 0.0190. The van der Waals surface area contributed by atoms with E-state index in [-0.39, 0.29) is 34.5 Å². The third-order valence-corrected chi connectivity index (χ3v) is 5.14. The van der Waals surface area contributed by atoms with E-state index in [0.29, 0.717) is 37.4 Å². The van der Waals surface area contributed by atoms with Gasteiger partial charge >= 0.3 is 6.03 Å². The van der Waals surface area contributed by atoms with Crippen LogP contribution in [0.4, 0.5) is 14.9 Å². The number of hydrogen-bond donors (Lipinski definition) is 2. The van der Waals surface area contributed by atoms with Crippen LogP contribution in [0.2, 0.25) is 5.02 Å². The van der Waals surface area contributed by atoms with Crippen molar-refractivity contribution >= 4 is 35.1 Å². The molecule has 0 atom stereocenters. The monoisotopic (exact) mass is 446 g/mol. The molecule has 1 heterocycles. The molecule has 2 aromatic rings. The molecular weight excluding hydrogens is 423 g/mol. The Hall–Kier alpha value is -3.13. The zero-order valence-electron chi connectivity index (χ0n) is 17.3. The molecular formula is C22H24ClFN4O3. The lowest BCUT2D eigenvalue weighted by atomic mass is 10.1. The zero-order chi connectivity index (χ0) is 22.5. The van der Waals surface area contributed by atoms with E-state index in [1.807, 2.05) is 13.8 Å². The van der Waals surface area contributed by atoms with Gasteiger partial charge < -0.3 is 20.4 Å². The van der Waals surface area contributed by atoms with Crippen LogP contribution in [-0.2, 0) is 0 Å². The number of anilines is 1. The van der Waals surface area contributed by atoms with Gasteiger partial charge in [0.2, 0.25) is 0 Å². The number of halogens is 2. The minimum atomic E-state index is -0.501. The van der Waals surface area contributed by atoms with Gasteiger partial charge in [0.1, 0.15) is 5.82 Å². The van der Waals surface area contributed by atoms with Crippen LogP contribution < -0.4 is 10.6 Å². The fraction of sp³-hybridized carbons (Fsp3) is 0.318. The highest BCUT2D eigenvalue weighted by molar-refractivity contribution is 6.33. The summed E-state index contributed by atoms with van der Waals surface area (Å²) in [6.07, 6.45) is 0. The van der Waals surface area contributed by atoms with Crippen molar-refractivity contribution in [2.75, 3.05) is 31.5 Å². The molecule has 0 unspecified atom stereocenters. The average Bonchev–Trinajstić information content (AvgIpc) is 2.73. The molecule has 1 aliphatic rings. The maximum Gasteiger partial charge on any atom is 0.319 e. The molecule has 7 nitrogen and oxygen atoms in total. The van der Waals surface area contributed by atoms with Gasteiger partial charge in [-0.1, -0.05) is 11.6 Å². The molecule has 0 radical (unpaired) electrons. The molecule has 0 spiro atoms. The number of rotatable bonds is 4. The van der Waals surface area contributed by atoms with Crippen molar-refractivity contribution in [3.63, 3.8) is 0 Å². The summed E-state index contributed by atoms with van der Waals surface area (Å²) in [5.41, 5.74) is 1.32. The van der Waals surface area contributed by atoms with Gasteiger partial charge in [0.25, 0.3) is 11.8 Å². The van der Waals surface area contributed by atoms with Crippen LogP contribution in [0.1, 0.15) is 34.6 Å². The Morgan fingerprint density at radius 3 is 2.06 bits per heavy atom. The lowest BCUT2D eigenvalue weighted by Gasteiger charge is -2.35. The Morgan fingerprint density at radius 1 is 0.935 bits per heavy atom. The van der Waals surface area contributed by atoms with Crippen LogP contribution >= 0.6 is 11.6 Å². The number of piperazine rings is 1. The van der Waals surface area contributed by atoms with Gasteiger partial charge in [0.05, 0.1) is 10.6 Å². The van der Waals surface area contributed by atoms with Crippen LogP contribution in [0.5, 0.6) is 0 Å². The second kappa shape index (κ2) is 9.78. The van der Waals surface area contributed by atoms with Crippen LogP contribution in [0.15, 0.2) is 42.5 Å². The van der Waals surface area contributed by atoms with Crippen molar-refractivity contribution in [2.24, 2.45) is 0 Å². The Bertz CT molecular complexity index is 973. The molecule has 0 aromatic heterocycles. The summed E-state index contributed by atoms with van der Waals surface area (Å²) >= 11 is 5.99. The number of hydrogen-bond acceptors (Lipinski definition) is 3. The molecule has 0 bridgehead atoms. The largest absolute Gasteiger partial charge is 0.336 e. The fourth-order valence-electron chi connectivity index (χ4n) is 3.25. The van der Waals surface area contributed by atoms with Crippen LogP contribution in [0, 0.1) is 5.82 Å². The van der Waals surface area contributed by atoms with E-state index < -0.39 is 5.82 Å². The maximum atomic E-state index is 13.2. The summed E-state index contributed by atoms with van der Waals surface area (Å²) in [6, 6.07) is 10.0. The smallest absolute Gasteiger partial charge is 0.319 e. The van der Waals surface area contributed by atoms with Crippen LogP contribution in [-0.4, -0.2) is 59.9 Å². The lowest BCUT2D eigenvalue weighted by molar-refractivity contribution is 0.0535. The highest BCUT2D eigenvalue weighted by Gasteiger charge is 2.26. The SMILES string of the molecule is CC(C)NC(=O)Nc1ccc(C(=O)N2CCN(C(=O)c3ccc(F)cc3Cl)CC2)cc1. The van der Waals surface area contributed by atoms with Crippen molar-refractivity contribution in [1.82, 2.24) is 15.1 Å². The topological polar surface area (TPSA) is 81.8 Å². The molecule has 1 saturated heterocycles. The van der Waals surface area contributed by atoms with Crippen molar-refractivity contribution in [1.29, 1.82) is 0 Å². The van der Waals surface area contributed by atoms with Crippen molar-refractivity contribution in [2.45, 2.75) is 19.9 Å². The van der Waals surface area contributed by atoms with Gasteiger partial charge in [-0.05, 0) is 56.3 Å². The first kappa shape index (κ1) is 22.6. The first-order valence-corrected chi connectivity index (χ1v) is 10.3. The summed E-state index contributed by atoms with van der Waals surface area (Å²) in [7, 11) is 0. The molecule has 3 rings (SSSR count). The number of amides is 4. The molecule has 1 aliphatic heterocycles. The minimum Gasteiger partial charge on any atom is -0.336 e. The predicted octanol–water partition coefficient (Wildman–Crippen LogP) is 3.61. The Kier molecular flexibility index (Phi) is 7.12. The highest BCUT2D eigenvalue weighted by Crippen LogP contribution is 2.20. The zero-order valence-corrected chi connectivity index (χ0v) is 18.1. The highest BCUT2D eigenvalue weighted by atomic mass is 35.5. The van der Waals surface area contributed by atoms with E-state index in [4.69, 9.17) is 11.6 Å². The molecule has 164 valence electrons. The van der Waals surface area contributed by atoms with E-state index >= 15 is 0 Å². The Balaban J connectivity index is 1.56. The molecule has 31 heavy (non-hydrogen) atoms. The standard InChI is InChI=1S/C22H24ClFN4O3/c1-14(2)25-22(31)26-17-6-3-15(4-7-17)20(29)27-9-11-28(12-10-27)21(30)18-8-5-16(24)13-19(18)23/h3-8,13-14H,9-12H2,1-2H3,(H2,25,26,31). The summed E-state index contributed by atoms with van der Waals surface area (Å²) in [5.74, 6) is -0.934. The van der Waals surface area contributed by atoms with Gasteiger partial charge in [-0.25, -0.2) is 9.18 Å². The number of carbonyl (C=O) groups is 3. The molecule has 9 heteroatoms. The lowest BCUT2D eigenvalue weighted by Crippen LogP contribution is -2.50. The second-order valence-corrected chi connectivity index (χ2v) is 7.95. The summed E-state index contributed by atoms with van der Waals surface area (Å²) in [4.78, 5) is 40.5. The van der Waals surface area contributed by atoms with Crippen molar-refractivity contribution < 1.29 is 18.8 Å². The van der Waals surface area contributed by atoms with Crippen LogP contribution in [0.3, 0.4) is 0 Å². The van der Waals surface area contributed by atoms with E-state index in [2.05, 4.69) is 10.6 Å². The quantitative estimate of drug-likeness (QED) is 0.752. The molecule has 4 amide bonds. The van der Waals surface area contributed by atoms with Gasteiger partial charge in [-0.3, -0.25) is 9.59 Å². The first-order chi connectivity index (χ1) is 14.7. The molecule has 2 aromatic carbocycles. The predicted molar refractivity (Wildman–Crippen MR) is 117 cm³/mol. The van der Waals surface area contributed by atoms with Crippen LogP contribution in [0.25, 0.3) is 0 Å². The third kappa shape index (κ3) is 5.73. The number of benzene rings is 2. The van der Waals surface area contributed by atoms with Gasteiger partial charge in [-0.15, -0.1) is 0 Å². The maximum absolute atomic E-state index is 13.2. The first-order valence-electron chi connectivity index (χ1n) is 9.96. The van der Waals surface area contributed by atoms with E-state index in [0.717, 1.165) is 6.07 Å². The molecule has 0 saturated carbocycles. The van der Waals surface area contributed by atoms with E-state index in [1.165, 1.54) is 12.1 Å². The average molecular weight is 447 g/mol. The fourth-order valence-corrected chi connectivity index (χ4v) is 3.50. The number of carbonyl (C=O) groups excluding carboxylic acids is 3. The summed E-state index contributed by atoms with van der Waals surface area (Å²) < 4.78 is 13.2. The third-order valence-electron chi connectivity index (χ3n) is 4.83. The molecule has 1 fully saturated rings. The van der Waals surface area contributed by atoms with Crippen molar-refractivity contribution in [3.05, 3.63) is 64.4 Å². The Labute approximate surface area is 185 Å². The summed E-state index contributed by atoms with van der Waals surface area (Å²) in [6.45, 7) is 5.19. The summed E-state index contributed by atoms with van der Waals surface area (Å²) in [5, 5.41) is 5.50. The molecule has 0 aliphatic carbocycles. The number of nitrogens with zero attached hydrogens (tertiary/aromatic N) is 2. The number of urea groups is 1. The van der Waals surface area contributed by atoms with Gasteiger partial charge in [0, 0.05) is 43.5 Å².